The molecule has 0 aliphatic heterocycles. The lowest BCUT2D eigenvalue weighted by atomic mass is 10.00. The third kappa shape index (κ3) is 4.59. The molecule has 106 valence electrons. The topological polar surface area (TPSA) is 89.8 Å². The minimum absolute atomic E-state index is 0.0347. The fourth-order valence-corrected chi connectivity index (χ4v) is 1.67. The smallest absolute Gasteiger partial charge is 0.216 e. The van der Waals surface area contributed by atoms with E-state index < -0.39 is 18.0 Å². The predicted molar refractivity (Wildman–Crippen MR) is 66.6 cm³/mol. The summed E-state index contributed by atoms with van der Waals surface area (Å²) in [6.07, 6.45) is -2.44. The van der Waals surface area contributed by atoms with Crippen molar-refractivity contribution in [2.75, 3.05) is 6.54 Å². The number of aliphatic hydroxyl groups is 3. The van der Waals surface area contributed by atoms with Crippen molar-refractivity contribution in [1.29, 1.82) is 0 Å². The first kappa shape index (κ1) is 15.6. The second kappa shape index (κ2) is 7.18. The molecule has 0 aliphatic rings. The fourth-order valence-electron chi connectivity index (χ4n) is 1.67. The first-order chi connectivity index (χ1) is 8.95. The Morgan fingerprint density at radius 1 is 1.42 bits per heavy atom. The molecule has 0 saturated carbocycles. The molecule has 0 saturated heterocycles. The van der Waals surface area contributed by atoms with Crippen LogP contribution in [-0.4, -0.2) is 33.9 Å². The monoisotopic (exact) mass is 271 g/mol. The van der Waals surface area contributed by atoms with Crippen LogP contribution < -0.4 is 5.32 Å². The fraction of sp³-hybridized carbons (Fsp3) is 0.462. The van der Waals surface area contributed by atoms with E-state index in [0.717, 1.165) is 6.07 Å². The van der Waals surface area contributed by atoms with Crippen molar-refractivity contribution in [1.82, 2.24) is 5.32 Å². The highest BCUT2D eigenvalue weighted by Crippen LogP contribution is 2.22. The molecule has 0 radical (unpaired) electrons. The molecule has 1 amide bonds. The summed E-state index contributed by atoms with van der Waals surface area (Å²) in [5.74, 6) is -0.919. The number of hydrogen-bond donors (Lipinski definition) is 4. The molecule has 0 bridgehead atoms. The molecule has 0 fully saturated rings. The second-order valence-corrected chi connectivity index (χ2v) is 4.30. The van der Waals surface area contributed by atoms with Gasteiger partial charge in [0.1, 0.15) is 11.9 Å². The molecule has 0 aliphatic carbocycles. The van der Waals surface area contributed by atoms with Crippen molar-refractivity contribution in [2.45, 2.75) is 32.2 Å². The van der Waals surface area contributed by atoms with E-state index in [2.05, 4.69) is 5.32 Å². The zero-order valence-corrected chi connectivity index (χ0v) is 10.6. The molecule has 4 N–H and O–H groups in total. The van der Waals surface area contributed by atoms with Gasteiger partial charge in [0, 0.05) is 19.0 Å². The number of rotatable bonds is 6. The summed E-state index contributed by atoms with van der Waals surface area (Å²) in [6.45, 7) is 1.25. The summed E-state index contributed by atoms with van der Waals surface area (Å²) in [5.41, 5.74) is 0.355. The van der Waals surface area contributed by atoms with Crippen LogP contribution in [0.2, 0.25) is 0 Å². The molecule has 1 rings (SSSR count). The number of nitrogens with one attached hydrogen (secondary N) is 1. The van der Waals surface area contributed by atoms with E-state index in [1.165, 1.54) is 19.1 Å². The SMILES string of the molecule is CC(=O)NCCC(O)C(O)c1ccc(CO)cc1F. The minimum Gasteiger partial charge on any atom is -0.392 e. The van der Waals surface area contributed by atoms with Crippen molar-refractivity contribution in [3.63, 3.8) is 0 Å². The van der Waals surface area contributed by atoms with E-state index in [1.807, 2.05) is 0 Å². The van der Waals surface area contributed by atoms with Crippen LogP contribution in [0.3, 0.4) is 0 Å². The second-order valence-electron chi connectivity index (χ2n) is 4.30. The highest BCUT2D eigenvalue weighted by atomic mass is 19.1. The van der Waals surface area contributed by atoms with Crippen LogP contribution in [0, 0.1) is 5.82 Å². The van der Waals surface area contributed by atoms with Gasteiger partial charge in [0.25, 0.3) is 0 Å². The van der Waals surface area contributed by atoms with Gasteiger partial charge in [-0.3, -0.25) is 4.79 Å². The zero-order chi connectivity index (χ0) is 14.4. The minimum atomic E-state index is -1.37. The molecular weight excluding hydrogens is 253 g/mol. The van der Waals surface area contributed by atoms with Crippen LogP contribution in [-0.2, 0) is 11.4 Å². The quantitative estimate of drug-likeness (QED) is 0.596. The van der Waals surface area contributed by atoms with Crippen LogP contribution in [0.15, 0.2) is 18.2 Å². The molecule has 19 heavy (non-hydrogen) atoms. The van der Waals surface area contributed by atoms with Gasteiger partial charge in [0.05, 0.1) is 12.7 Å². The predicted octanol–water partition coefficient (Wildman–Crippen LogP) is 0.238. The van der Waals surface area contributed by atoms with Gasteiger partial charge < -0.3 is 20.6 Å². The summed E-state index contributed by atoms with van der Waals surface area (Å²) in [7, 11) is 0. The molecule has 0 heterocycles. The first-order valence-electron chi connectivity index (χ1n) is 5.95. The Hall–Kier alpha value is -1.50. The Balaban J connectivity index is 2.65. The van der Waals surface area contributed by atoms with E-state index in [9.17, 15) is 19.4 Å². The van der Waals surface area contributed by atoms with Crippen LogP contribution in [0.4, 0.5) is 4.39 Å². The van der Waals surface area contributed by atoms with E-state index in [4.69, 9.17) is 5.11 Å². The molecule has 1 aromatic carbocycles. The van der Waals surface area contributed by atoms with Gasteiger partial charge in [-0.1, -0.05) is 12.1 Å². The Bertz CT molecular complexity index is 439. The van der Waals surface area contributed by atoms with Gasteiger partial charge in [-0.2, -0.15) is 0 Å². The molecule has 6 heteroatoms. The van der Waals surface area contributed by atoms with Gasteiger partial charge in [-0.15, -0.1) is 0 Å². The number of halogens is 1. The number of carbonyl (C=O) groups excluding carboxylic acids is 1. The van der Waals surface area contributed by atoms with E-state index >= 15 is 0 Å². The van der Waals surface area contributed by atoms with E-state index in [-0.39, 0.29) is 31.0 Å². The van der Waals surface area contributed by atoms with Crippen molar-refractivity contribution in [3.05, 3.63) is 35.1 Å². The lowest BCUT2D eigenvalue weighted by Crippen LogP contribution is -2.28. The molecular formula is C13H18FNO4. The van der Waals surface area contributed by atoms with Crippen molar-refractivity contribution < 1.29 is 24.5 Å². The van der Waals surface area contributed by atoms with Gasteiger partial charge in [0.2, 0.25) is 5.91 Å². The first-order valence-corrected chi connectivity index (χ1v) is 5.95. The van der Waals surface area contributed by atoms with E-state index in [0.29, 0.717) is 5.56 Å². The van der Waals surface area contributed by atoms with Crippen LogP contribution in [0.25, 0.3) is 0 Å². The molecule has 0 spiro atoms. The lowest BCUT2D eigenvalue weighted by Gasteiger charge is -2.19. The zero-order valence-electron chi connectivity index (χ0n) is 10.6. The van der Waals surface area contributed by atoms with Crippen LogP contribution >= 0.6 is 0 Å². The number of carbonyl (C=O) groups is 1. The largest absolute Gasteiger partial charge is 0.392 e. The standard InChI is InChI=1S/C13H18FNO4/c1-8(17)15-5-4-12(18)13(19)10-3-2-9(7-16)6-11(10)14/h2-3,6,12-13,16,18-19H,4-5,7H2,1H3,(H,15,17). The van der Waals surface area contributed by atoms with Crippen LogP contribution in [0.1, 0.15) is 30.6 Å². The summed E-state index contributed by atoms with van der Waals surface area (Å²) in [5, 5.41) is 30.9. The van der Waals surface area contributed by atoms with Gasteiger partial charge in [-0.05, 0) is 18.1 Å². The molecule has 1 aromatic rings. The Morgan fingerprint density at radius 3 is 2.63 bits per heavy atom. The van der Waals surface area contributed by atoms with Gasteiger partial charge in [0.15, 0.2) is 0 Å². The average molecular weight is 271 g/mol. The maximum absolute atomic E-state index is 13.6. The third-order valence-corrected chi connectivity index (χ3v) is 2.74. The third-order valence-electron chi connectivity index (χ3n) is 2.74. The average Bonchev–Trinajstić information content (AvgIpc) is 2.37. The normalized spacial score (nSPS) is 13.9. The van der Waals surface area contributed by atoms with E-state index in [1.54, 1.807) is 0 Å². The summed E-state index contributed by atoms with van der Waals surface area (Å²) in [6, 6.07) is 3.91. The van der Waals surface area contributed by atoms with Gasteiger partial charge in [-0.25, -0.2) is 4.39 Å². The van der Waals surface area contributed by atoms with Gasteiger partial charge >= 0.3 is 0 Å². The Labute approximate surface area is 110 Å². The molecule has 2 unspecified atom stereocenters. The highest BCUT2D eigenvalue weighted by molar-refractivity contribution is 5.72. The number of amides is 1. The molecule has 5 nitrogen and oxygen atoms in total. The van der Waals surface area contributed by atoms with Crippen molar-refractivity contribution in [3.8, 4) is 0 Å². The molecule has 0 aromatic heterocycles. The maximum Gasteiger partial charge on any atom is 0.216 e. The Morgan fingerprint density at radius 2 is 2.11 bits per heavy atom. The molecule has 2 atom stereocenters. The maximum atomic E-state index is 13.6. The number of hydrogen-bond acceptors (Lipinski definition) is 4. The summed E-state index contributed by atoms with van der Waals surface area (Å²) in [4.78, 5) is 10.7. The summed E-state index contributed by atoms with van der Waals surface area (Å²) >= 11 is 0. The number of aliphatic hydroxyl groups excluding tert-OH is 3. The summed E-state index contributed by atoms with van der Waals surface area (Å²) < 4.78 is 13.6. The van der Waals surface area contributed by atoms with Crippen LogP contribution in [0.5, 0.6) is 0 Å². The van der Waals surface area contributed by atoms with Crippen molar-refractivity contribution >= 4 is 5.91 Å². The van der Waals surface area contributed by atoms with Crippen molar-refractivity contribution in [2.24, 2.45) is 0 Å². The Kier molecular flexibility index (Phi) is 5.88. The highest BCUT2D eigenvalue weighted by Gasteiger charge is 2.21. The lowest BCUT2D eigenvalue weighted by molar-refractivity contribution is -0.119. The number of benzene rings is 1.